The summed E-state index contributed by atoms with van der Waals surface area (Å²) in [6.45, 7) is 3.44. The molecule has 2 heterocycles. The van der Waals surface area contributed by atoms with Crippen molar-refractivity contribution in [3.63, 3.8) is 0 Å². The van der Waals surface area contributed by atoms with Gasteiger partial charge in [0.2, 0.25) is 11.9 Å². The minimum Gasteiger partial charge on any atom is -0.326 e. The first kappa shape index (κ1) is 19.4. The van der Waals surface area contributed by atoms with E-state index in [1.807, 2.05) is 6.07 Å². The van der Waals surface area contributed by atoms with E-state index in [1.165, 1.54) is 12.1 Å². The van der Waals surface area contributed by atoms with Gasteiger partial charge in [0.05, 0.1) is 10.6 Å². The Labute approximate surface area is 166 Å². The van der Waals surface area contributed by atoms with Crippen molar-refractivity contribution in [2.45, 2.75) is 20.3 Å². The van der Waals surface area contributed by atoms with Crippen LogP contribution in [0, 0.1) is 6.92 Å². The number of amides is 2. The minimum absolute atomic E-state index is 0.0950. The first-order chi connectivity index (χ1) is 13.5. The lowest BCUT2D eigenvalue weighted by atomic mass is 10.2. The largest absolute Gasteiger partial charge is 0.326 e. The predicted octanol–water partition coefficient (Wildman–Crippen LogP) is 3.50. The number of halogens is 1. The fourth-order valence-corrected chi connectivity index (χ4v) is 2.61. The van der Waals surface area contributed by atoms with Crippen LogP contribution in [0.15, 0.2) is 42.6 Å². The molecule has 3 rings (SSSR count). The quantitative estimate of drug-likeness (QED) is 0.683. The Kier molecular flexibility index (Phi) is 5.90. The van der Waals surface area contributed by atoms with E-state index in [2.05, 4.69) is 30.6 Å². The van der Waals surface area contributed by atoms with Crippen molar-refractivity contribution < 1.29 is 9.59 Å². The van der Waals surface area contributed by atoms with E-state index in [-0.39, 0.29) is 22.4 Å². The molecule has 3 aromatic rings. The van der Waals surface area contributed by atoms with Crippen molar-refractivity contribution in [3.8, 4) is 11.5 Å². The fourth-order valence-electron chi connectivity index (χ4n) is 2.34. The molecule has 0 aliphatic carbocycles. The maximum absolute atomic E-state index is 12.6. The molecule has 0 radical (unpaired) electrons. The zero-order valence-corrected chi connectivity index (χ0v) is 16.0. The number of nitrogens with one attached hydrogen (secondary N) is 2. The zero-order valence-electron chi connectivity index (χ0n) is 15.2. The molecule has 2 aromatic heterocycles. The van der Waals surface area contributed by atoms with Crippen LogP contribution in [0.5, 0.6) is 0 Å². The monoisotopic (exact) mass is 396 g/mol. The van der Waals surface area contributed by atoms with E-state index in [4.69, 9.17) is 11.6 Å². The van der Waals surface area contributed by atoms with Crippen LogP contribution in [0.25, 0.3) is 11.5 Å². The summed E-state index contributed by atoms with van der Waals surface area (Å²) >= 11 is 6.20. The fraction of sp³-hybridized carbons (Fsp3) is 0.158. The van der Waals surface area contributed by atoms with Gasteiger partial charge in [-0.3, -0.25) is 19.9 Å². The predicted molar refractivity (Wildman–Crippen MR) is 106 cm³/mol. The number of carbonyl (C=O) groups is 2. The molecule has 0 saturated carbocycles. The van der Waals surface area contributed by atoms with Gasteiger partial charge in [-0.25, -0.2) is 4.98 Å². The van der Waals surface area contributed by atoms with Crippen LogP contribution in [0.3, 0.4) is 0 Å². The highest BCUT2D eigenvalue weighted by atomic mass is 35.5. The number of carbonyl (C=O) groups excluding carboxylic acids is 2. The van der Waals surface area contributed by atoms with Crippen molar-refractivity contribution in [2.75, 3.05) is 10.6 Å². The highest BCUT2D eigenvalue weighted by Gasteiger charge is 2.15. The second-order valence-corrected chi connectivity index (χ2v) is 6.20. The third kappa shape index (κ3) is 4.66. The molecule has 0 unspecified atom stereocenters. The van der Waals surface area contributed by atoms with Gasteiger partial charge in [0.25, 0.3) is 5.91 Å². The molecule has 9 heteroatoms. The van der Waals surface area contributed by atoms with Gasteiger partial charge in [0.1, 0.15) is 11.5 Å². The lowest BCUT2D eigenvalue weighted by Crippen LogP contribution is -2.16. The normalized spacial score (nSPS) is 10.4. The maximum Gasteiger partial charge on any atom is 0.259 e. The van der Waals surface area contributed by atoms with Gasteiger partial charge in [-0.2, -0.15) is 9.97 Å². The van der Waals surface area contributed by atoms with Gasteiger partial charge >= 0.3 is 0 Å². The number of nitrogens with zero attached hydrogens (tertiary/aromatic N) is 4. The number of aromatic nitrogens is 4. The highest BCUT2D eigenvalue weighted by Crippen LogP contribution is 2.22. The van der Waals surface area contributed by atoms with E-state index in [1.54, 1.807) is 38.2 Å². The number of rotatable bonds is 5. The molecule has 8 nitrogen and oxygen atoms in total. The van der Waals surface area contributed by atoms with E-state index < -0.39 is 5.91 Å². The maximum atomic E-state index is 12.6. The Morgan fingerprint density at radius 3 is 2.57 bits per heavy atom. The molecule has 0 spiro atoms. The molecular formula is C19H17ClN6O2. The molecule has 1 aromatic carbocycles. The van der Waals surface area contributed by atoms with Gasteiger partial charge in [0, 0.05) is 18.3 Å². The number of hydrogen-bond donors (Lipinski definition) is 2. The number of aryl methyl sites for hydroxylation is 1. The molecule has 0 aliphatic heterocycles. The molecule has 142 valence electrons. The summed E-state index contributed by atoms with van der Waals surface area (Å²) in [6, 6.07) is 10.0. The summed E-state index contributed by atoms with van der Waals surface area (Å²) in [6.07, 6.45) is 1.97. The first-order valence-electron chi connectivity index (χ1n) is 8.51. The summed E-state index contributed by atoms with van der Waals surface area (Å²) < 4.78 is 0. The zero-order chi connectivity index (χ0) is 20.1. The average molecular weight is 397 g/mol. The Morgan fingerprint density at radius 2 is 1.89 bits per heavy atom. The van der Waals surface area contributed by atoms with E-state index in [9.17, 15) is 9.59 Å². The lowest BCUT2D eigenvalue weighted by Gasteiger charge is -2.09. The summed E-state index contributed by atoms with van der Waals surface area (Å²) in [4.78, 5) is 40.9. The Bertz CT molecular complexity index is 1030. The van der Waals surface area contributed by atoms with Gasteiger partial charge in [0.15, 0.2) is 5.82 Å². The smallest absolute Gasteiger partial charge is 0.259 e. The lowest BCUT2D eigenvalue weighted by molar-refractivity contribution is -0.115. The van der Waals surface area contributed by atoms with Crippen LogP contribution in [0.1, 0.15) is 29.5 Å². The van der Waals surface area contributed by atoms with Crippen molar-refractivity contribution in [2.24, 2.45) is 0 Å². The second-order valence-electron chi connectivity index (χ2n) is 5.80. The number of anilines is 2. The molecule has 0 fully saturated rings. The molecule has 0 bridgehead atoms. The van der Waals surface area contributed by atoms with E-state index >= 15 is 0 Å². The molecule has 0 aliphatic rings. The van der Waals surface area contributed by atoms with Crippen molar-refractivity contribution >= 4 is 35.1 Å². The van der Waals surface area contributed by atoms with Gasteiger partial charge in [-0.05, 0) is 37.3 Å². The molecular weight excluding hydrogens is 380 g/mol. The number of hydrogen-bond acceptors (Lipinski definition) is 6. The summed E-state index contributed by atoms with van der Waals surface area (Å²) in [7, 11) is 0. The molecule has 2 amide bonds. The van der Waals surface area contributed by atoms with Crippen LogP contribution in [-0.4, -0.2) is 31.8 Å². The van der Waals surface area contributed by atoms with Crippen LogP contribution >= 0.6 is 11.6 Å². The summed E-state index contributed by atoms with van der Waals surface area (Å²) in [5, 5.41) is 5.50. The second kappa shape index (κ2) is 8.53. The van der Waals surface area contributed by atoms with Crippen LogP contribution < -0.4 is 10.6 Å². The number of pyridine rings is 1. The highest BCUT2D eigenvalue weighted by molar-refractivity contribution is 6.34. The third-order valence-electron chi connectivity index (χ3n) is 3.69. The Hall–Kier alpha value is -3.39. The van der Waals surface area contributed by atoms with Crippen LogP contribution in [-0.2, 0) is 4.79 Å². The third-order valence-corrected chi connectivity index (χ3v) is 4.00. The minimum atomic E-state index is -0.476. The summed E-state index contributed by atoms with van der Waals surface area (Å²) in [5.41, 5.74) is 1.31. The molecule has 2 N–H and O–H groups in total. The van der Waals surface area contributed by atoms with E-state index in [0.29, 0.717) is 29.5 Å². The van der Waals surface area contributed by atoms with Gasteiger partial charge in [-0.1, -0.05) is 24.6 Å². The summed E-state index contributed by atoms with van der Waals surface area (Å²) in [5.74, 6) is 0.270. The number of benzene rings is 1. The molecule has 0 atom stereocenters. The van der Waals surface area contributed by atoms with Crippen molar-refractivity contribution in [1.29, 1.82) is 0 Å². The van der Waals surface area contributed by atoms with Gasteiger partial charge < -0.3 is 5.32 Å². The van der Waals surface area contributed by atoms with Crippen LogP contribution in [0.2, 0.25) is 5.02 Å². The Morgan fingerprint density at radius 1 is 1.07 bits per heavy atom. The first-order valence-corrected chi connectivity index (χ1v) is 8.89. The molecule has 28 heavy (non-hydrogen) atoms. The topological polar surface area (TPSA) is 110 Å². The standard InChI is InChI=1S/C19H17ClN6O2/c1-3-16(27)24-12-7-8-13(14(20)10-12)18(28)26-19-23-11(2)22-17(25-19)15-6-4-5-9-21-15/h4-10H,3H2,1-2H3,(H,24,27)(H,22,23,25,26,28). The van der Waals surface area contributed by atoms with E-state index in [0.717, 1.165) is 0 Å². The Balaban J connectivity index is 1.81. The van der Waals surface area contributed by atoms with Crippen LogP contribution in [0.4, 0.5) is 11.6 Å². The SMILES string of the molecule is CCC(=O)Nc1ccc(C(=O)Nc2nc(C)nc(-c3ccccn3)n2)c(Cl)c1. The van der Waals surface area contributed by atoms with Gasteiger partial charge in [-0.15, -0.1) is 0 Å². The van der Waals surface area contributed by atoms with Crippen molar-refractivity contribution in [1.82, 2.24) is 19.9 Å². The molecule has 0 saturated heterocycles. The van der Waals surface area contributed by atoms with Crippen molar-refractivity contribution in [3.05, 3.63) is 59.0 Å². The average Bonchev–Trinajstić information content (AvgIpc) is 2.68.